The third-order valence-corrected chi connectivity index (χ3v) is 5.36. The van der Waals surface area contributed by atoms with Gasteiger partial charge < -0.3 is 8.92 Å². The van der Waals surface area contributed by atoms with Crippen LogP contribution in [-0.2, 0) is 9.60 Å². The zero-order valence-corrected chi connectivity index (χ0v) is 16.1. The lowest BCUT2D eigenvalue weighted by Crippen LogP contribution is -2.20. The summed E-state index contributed by atoms with van der Waals surface area (Å²) in [5.41, 5.74) is 1.47. The first-order valence-electron chi connectivity index (χ1n) is 7.85. The Hall–Kier alpha value is -0.380. The minimum Gasteiger partial charge on any atom is -0.491 e. The molecule has 0 bridgehead atoms. The number of alkyl halides is 1. The molecule has 0 saturated heterocycles. The maximum Gasteiger partial charge on any atom is 0.119 e. The second-order valence-electron chi connectivity index (χ2n) is 7.03. The summed E-state index contributed by atoms with van der Waals surface area (Å²) < 4.78 is 11.6. The summed E-state index contributed by atoms with van der Waals surface area (Å²) in [5.74, 6) is 1.98. The summed E-state index contributed by atoms with van der Waals surface area (Å²) >= 11 is 7.41. The van der Waals surface area contributed by atoms with E-state index in [0.717, 1.165) is 5.75 Å². The lowest BCUT2D eigenvalue weighted by atomic mass is 9.87. The third-order valence-electron chi connectivity index (χ3n) is 3.44. The van der Waals surface area contributed by atoms with Crippen LogP contribution in [0.3, 0.4) is 0 Å². The quantitative estimate of drug-likeness (QED) is 0.446. The van der Waals surface area contributed by atoms with Crippen LogP contribution >= 0.6 is 23.6 Å². The number of rotatable bonds is 8. The first kappa shape index (κ1) is 19.7. The zero-order chi connectivity index (χ0) is 16.8. The molecule has 0 amide bonds. The molecule has 1 aromatic rings. The van der Waals surface area contributed by atoms with Crippen molar-refractivity contribution in [2.45, 2.75) is 58.3 Å². The third kappa shape index (κ3) is 6.80. The molecule has 0 aliphatic heterocycles. The number of hydrogen-bond acceptors (Lipinski definition) is 3. The maximum absolute atomic E-state index is 5.94. The lowest BCUT2D eigenvalue weighted by molar-refractivity contribution is 0.164. The number of benzene rings is 1. The second kappa shape index (κ2) is 9.05. The molecule has 0 aliphatic rings. The van der Waals surface area contributed by atoms with Gasteiger partial charge in [0.1, 0.15) is 18.5 Å². The van der Waals surface area contributed by atoms with E-state index in [2.05, 4.69) is 46.8 Å². The van der Waals surface area contributed by atoms with E-state index in [1.807, 2.05) is 19.1 Å². The Balaban J connectivity index is 2.39. The SMILES string of the molecule is CC(COc1ccc(C(C)(C)C)cc1)OSC(CCl)C(C)C. The van der Waals surface area contributed by atoms with Crippen molar-refractivity contribution in [2.24, 2.45) is 5.92 Å². The van der Waals surface area contributed by atoms with Crippen LogP contribution in [0.1, 0.15) is 47.1 Å². The van der Waals surface area contributed by atoms with E-state index in [-0.39, 0.29) is 11.5 Å². The molecule has 0 radical (unpaired) electrons. The first-order chi connectivity index (χ1) is 10.2. The van der Waals surface area contributed by atoms with Crippen molar-refractivity contribution >= 4 is 23.6 Å². The fraction of sp³-hybridized carbons (Fsp3) is 0.667. The highest BCUT2D eigenvalue weighted by Crippen LogP contribution is 2.25. The summed E-state index contributed by atoms with van der Waals surface area (Å²) in [6, 6.07) is 8.29. The molecule has 1 aromatic carbocycles. The molecule has 22 heavy (non-hydrogen) atoms. The van der Waals surface area contributed by atoms with Gasteiger partial charge in [0.25, 0.3) is 0 Å². The molecule has 2 unspecified atom stereocenters. The molecule has 0 aliphatic carbocycles. The van der Waals surface area contributed by atoms with Gasteiger partial charge in [-0.15, -0.1) is 11.6 Å². The van der Waals surface area contributed by atoms with E-state index in [0.29, 0.717) is 23.7 Å². The summed E-state index contributed by atoms with van der Waals surface area (Å²) in [7, 11) is 0. The highest BCUT2D eigenvalue weighted by Gasteiger charge is 2.16. The molecule has 1 rings (SSSR count). The number of hydrogen-bond donors (Lipinski definition) is 0. The first-order valence-corrected chi connectivity index (χ1v) is 9.19. The standard InChI is InChI=1S/C18H29ClO2S/c1-13(2)17(11-19)22-21-14(3)12-20-16-9-7-15(8-10-16)18(4,5)6/h7-10,13-14,17H,11-12H2,1-6H3. The molecule has 4 heteroatoms. The van der Waals surface area contributed by atoms with Gasteiger partial charge in [-0.1, -0.05) is 46.8 Å². The Labute approximate surface area is 145 Å². The molecular weight excluding hydrogens is 316 g/mol. The minimum absolute atomic E-state index is 0.0248. The fourth-order valence-electron chi connectivity index (χ4n) is 1.77. The minimum atomic E-state index is 0.0248. The Morgan fingerprint density at radius 1 is 1.09 bits per heavy atom. The molecule has 2 nitrogen and oxygen atoms in total. The Kier molecular flexibility index (Phi) is 8.09. The maximum atomic E-state index is 5.94. The highest BCUT2D eigenvalue weighted by atomic mass is 35.5. The predicted octanol–water partition coefficient (Wildman–Crippen LogP) is 5.68. The summed E-state index contributed by atoms with van der Waals surface area (Å²) in [6.45, 7) is 13.5. The van der Waals surface area contributed by atoms with Gasteiger partial charge in [-0.25, -0.2) is 0 Å². The number of halogens is 1. The van der Waals surface area contributed by atoms with Crippen LogP contribution in [-0.4, -0.2) is 23.8 Å². The van der Waals surface area contributed by atoms with Crippen molar-refractivity contribution in [1.82, 2.24) is 0 Å². The highest BCUT2D eigenvalue weighted by molar-refractivity contribution is 7.95. The van der Waals surface area contributed by atoms with Crippen molar-refractivity contribution in [1.29, 1.82) is 0 Å². The molecular formula is C18H29ClO2S. The zero-order valence-electron chi connectivity index (χ0n) is 14.6. The second-order valence-corrected chi connectivity index (χ2v) is 8.32. The summed E-state index contributed by atoms with van der Waals surface area (Å²) in [5, 5.41) is 0.315. The Bertz CT molecular complexity index is 426. The molecule has 0 N–H and O–H groups in total. The van der Waals surface area contributed by atoms with Gasteiger partial charge in [-0.2, -0.15) is 0 Å². The number of ether oxygens (including phenoxy) is 1. The monoisotopic (exact) mass is 344 g/mol. The van der Waals surface area contributed by atoms with Gasteiger partial charge in [-0.3, -0.25) is 0 Å². The largest absolute Gasteiger partial charge is 0.491 e. The summed E-state index contributed by atoms with van der Waals surface area (Å²) in [4.78, 5) is 0. The molecule has 0 aromatic heterocycles. The van der Waals surface area contributed by atoms with E-state index in [4.69, 9.17) is 20.5 Å². The van der Waals surface area contributed by atoms with Crippen molar-refractivity contribution in [3.05, 3.63) is 29.8 Å². The van der Waals surface area contributed by atoms with Gasteiger partial charge in [0, 0.05) is 11.1 Å². The average molecular weight is 345 g/mol. The van der Waals surface area contributed by atoms with E-state index in [1.54, 1.807) is 0 Å². The van der Waals surface area contributed by atoms with Gasteiger partial charge in [0.15, 0.2) is 0 Å². The van der Waals surface area contributed by atoms with Crippen molar-refractivity contribution < 1.29 is 8.92 Å². The average Bonchev–Trinajstić information content (AvgIpc) is 2.45. The van der Waals surface area contributed by atoms with Crippen LogP contribution in [0.2, 0.25) is 0 Å². The van der Waals surface area contributed by atoms with Gasteiger partial charge in [-0.05, 0) is 48.0 Å². The molecule has 126 valence electrons. The van der Waals surface area contributed by atoms with Gasteiger partial charge in [0.2, 0.25) is 0 Å². The molecule has 0 saturated carbocycles. The fourth-order valence-corrected chi connectivity index (χ4v) is 2.95. The van der Waals surface area contributed by atoms with Crippen LogP contribution in [0.25, 0.3) is 0 Å². The Morgan fingerprint density at radius 2 is 1.68 bits per heavy atom. The van der Waals surface area contributed by atoms with Crippen LogP contribution in [0.5, 0.6) is 5.75 Å². The van der Waals surface area contributed by atoms with E-state index in [1.165, 1.54) is 17.6 Å². The topological polar surface area (TPSA) is 18.5 Å². The van der Waals surface area contributed by atoms with Crippen molar-refractivity contribution in [2.75, 3.05) is 12.5 Å². The van der Waals surface area contributed by atoms with E-state index in [9.17, 15) is 0 Å². The normalized spacial score (nSPS) is 14.9. The lowest BCUT2D eigenvalue weighted by Gasteiger charge is -2.21. The van der Waals surface area contributed by atoms with E-state index < -0.39 is 0 Å². The van der Waals surface area contributed by atoms with Crippen molar-refractivity contribution in [3.8, 4) is 5.75 Å². The van der Waals surface area contributed by atoms with Crippen LogP contribution in [0.15, 0.2) is 24.3 Å². The van der Waals surface area contributed by atoms with Crippen molar-refractivity contribution in [3.63, 3.8) is 0 Å². The molecule has 0 spiro atoms. The molecule has 0 fully saturated rings. The molecule has 0 heterocycles. The Morgan fingerprint density at radius 3 is 2.14 bits per heavy atom. The van der Waals surface area contributed by atoms with Gasteiger partial charge in [0.05, 0.1) is 0 Å². The van der Waals surface area contributed by atoms with Gasteiger partial charge >= 0.3 is 0 Å². The smallest absolute Gasteiger partial charge is 0.119 e. The molecule has 2 atom stereocenters. The van der Waals surface area contributed by atoms with Crippen LogP contribution < -0.4 is 4.74 Å². The van der Waals surface area contributed by atoms with Crippen LogP contribution in [0, 0.1) is 5.92 Å². The summed E-state index contributed by atoms with van der Waals surface area (Å²) in [6.07, 6.45) is 0.0248. The predicted molar refractivity (Wildman–Crippen MR) is 98.1 cm³/mol. The van der Waals surface area contributed by atoms with Crippen LogP contribution in [0.4, 0.5) is 0 Å². The van der Waals surface area contributed by atoms with E-state index >= 15 is 0 Å².